The Labute approximate surface area is 133 Å². The minimum Gasteiger partial charge on any atom is -0.374 e. The lowest BCUT2D eigenvalue weighted by Gasteiger charge is -2.12. The Hall–Kier alpha value is -1.66. The molecule has 2 N–H and O–H groups in total. The van der Waals surface area contributed by atoms with Crippen LogP contribution in [-0.4, -0.2) is 23.6 Å². The van der Waals surface area contributed by atoms with Gasteiger partial charge in [0.05, 0.1) is 0 Å². The molecule has 0 fully saturated rings. The molecule has 0 saturated heterocycles. The molecule has 0 aliphatic heterocycles. The molecule has 0 amide bonds. The first-order valence-electron chi connectivity index (χ1n) is 6.79. The number of hydrogen-bond acceptors (Lipinski definition) is 5. The summed E-state index contributed by atoms with van der Waals surface area (Å²) in [6, 6.07) is 7.89. The normalized spacial score (nSPS) is 10.5. The van der Waals surface area contributed by atoms with Crippen molar-refractivity contribution in [1.29, 1.82) is 0 Å². The quantitative estimate of drug-likeness (QED) is 0.827. The molecule has 1 aromatic carbocycles. The molecule has 0 saturated carbocycles. The molecule has 1 aromatic heterocycles. The third-order valence-corrected chi connectivity index (χ3v) is 3.85. The smallest absolute Gasteiger partial charge is 0.158 e. The predicted molar refractivity (Wildman–Crippen MR) is 89.1 cm³/mol. The fourth-order valence-electron chi connectivity index (χ4n) is 1.83. The van der Waals surface area contributed by atoms with E-state index < -0.39 is 0 Å². The lowest BCUT2D eigenvalue weighted by molar-refractivity contribution is 0.128. The lowest BCUT2D eigenvalue weighted by atomic mass is 10.2. The highest BCUT2D eigenvalue weighted by Crippen LogP contribution is 2.26. The first-order valence-corrected chi connectivity index (χ1v) is 7.59. The van der Waals surface area contributed by atoms with Gasteiger partial charge >= 0.3 is 0 Å². The van der Waals surface area contributed by atoms with Crippen molar-refractivity contribution in [1.82, 2.24) is 9.97 Å². The fourth-order valence-corrected chi connectivity index (χ4v) is 2.19. The highest BCUT2D eigenvalue weighted by Gasteiger charge is 2.07. The molecule has 112 valence electrons. The van der Waals surface area contributed by atoms with Crippen molar-refractivity contribution in [2.75, 3.05) is 24.3 Å². The minimum atomic E-state index is 0.401. The molecular formula is C15H19BrN4O. The van der Waals surface area contributed by atoms with E-state index in [0.29, 0.717) is 19.0 Å². The van der Waals surface area contributed by atoms with Crippen LogP contribution in [-0.2, 0) is 11.3 Å². The third kappa shape index (κ3) is 4.15. The second-order valence-electron chi connectivity index (χ2n) is 4.48. The first-order chi connectivity index (χ1) is 10.1. The maximum Gasteiger partial charge on any atom is 0.158 e. The molecule has 0 atom stereocenters. The van der Waals surface area contributed by atoms with Gasteiger partial charge in [-0.1, -0.05) is 22.0 Å². The van der Waals surface area contributed by atoms with E-state index in [2.05, 4.69) is 36.5 Å². The van der Waals surface area contributed by atoms with Gasteiger partial charge in [0.25, 0.3) is 0 Å². The second-order valence-corrected chi connectivity index (χ2v) is 5.33. The van der Waals surface area contributed by atoms with E-state index in [-0.39, 0.29) is 0 Å². The highest BCUT2D eigenvalue weighted by atomic mass is 79.9. The van der Waals surface area contributed by atoms with E-state index in [9.17, 15) is 0 Å². The number of anilines is 3. The zero-order valence-electron chi connectivity index (χ0n) is 12.4. The first kappa shape index (κ1) is 15.7. The standard InChI is InChI=1S/C15H19BrN4O/c1-4-21-9-15-19-13(17-3)8-14(20-15)18-12-7-5-6-11(16)10(12)2/h5-8H,4,9H2,1-3H3,(H2,17,18,19,20). The molecule has 0 spiro atoms. The monoisotopic (exact) mass is 350 g/mol. The van der Waals surface area contributed by atoms with Crippen LogP contribution in [0.3, 0.4) is 0 Å². The summed E-state index contributed by atoms with van der Waals surface area (Å²) in [6.07, 6.45) is 0. The molecule has 0 aliphatic rings. The van der Waals surface area contributed by atoms with Crippen LogP contribution in [0.5, 0.6) is 0 Å². The minimum absolute atomic E-state index is 0.401. The Kier molecular flexibility index (Phi) is 5.52. The van der Waals surface area contributed by atoms with Crippen LogP contribution in [0.25, 0.3) is 0 Å². The van der Waals surface area contributed by atoms with E-state index in [1.807, 2.05) is 45.2 Å². The largest absolute Gasteiger partial charge is 0.374 e. The SMILES string of the molecule is CCOCc1nc(NC)cc(Nc2cccc(Br)c2C)n1. The van der Waals surface area contributed by atoms with E-state index >= 15 is 0 Å². The van der Waals surface area contributed by atoms with Gasteiger partial charge in [-0.2, -0.15) is 0 Å². The van der Waals surface area contributed by atoms with Crippen molar-refractivity contribution in [2.45, 2.75) is 20.5 Å². The molecule has 0 aliphatic carbocycles. The van der Waals surface area contributed by atoms with Crippen LogP contribution >= 0.6 is 15.9 Å². The van der Waals surface area contributed by atoms with Crippen molar-refractivity contribution in [2.24, 2.45) is 0 Å². The average Bonchev–Trinajstić information content (AvgIpc) is 2.49. The summed E-state index contributed by atoms with van der Waals surface area (Å²) >= 11 is 3.53. The van der Waals surface area contributed by atoms with Crippen molar-refractivity contribution in [3.8, 4) is 0 Å². The third-order valence-electron chi connectivity index (χ3n) is 2.99. The van der Waals surface area contributed by atoms with E-state index in [0.717, 1.165) is 27.4 Å². The molecule has 6 heteroatoms. The van der Waals surface area contributed by atoms with Crippen LogP contribution < -0.4 is 10.6 Å². The number of nitrogens with zero attached hydrogens (tertiary/aromatic N) is 2. The zero-order chi connectivity index (χ0) is 15.2. The number of nitrogens with one attached hydrogen (secondary N) is 2. The van der Waals surface area contributed by atoms with Crippen molar-refractivity contribution in [3.05, 3.63) is 40.1 Å². The summed E-state index contributed by atoms with van der Waals surface area (Å²) in [6.45, 7) is 5.04. The maximum absolute atomic E-state index is 5.38. The van der Waals surface area contributed by atoms with Crippen LogP contribution in [0.2, 0.25) is 0 Å². The van der Waals surface area contributed by atoms with Gasteiger partial charge in [-0.15, -0.1) is 0 Å². The van der Waals surface area contributed by atoms with E-state index in [4.69, 9.17) is 4.74 Å². The van der Waals surface area contributed by atoms with Gasteiger partial charge in [-0.3, -0.25) is 0 Å². The number of benzene rings is 1. The molecule has 1 heterocycles. The van der Waals surface area contributed by atoms with Gasteiger partial charge < -0.3 is 15.4 Å². The van der Waals surface area contributed by atoms with Gasteiger partial charge in [0.1, 0.15) is 18.2 Å². The maximum atomic E-state index is 5.38. The summed E-state index contributed by atoms with van der Waals surface area (Å²) in [5.41, 5.74) is 2.14. The Morgan fingerprint density at radius 2 is 2.00 bits per heavy atom. The summed E-state index contributed by atoms with van der Waals surface area (Å²) in [4.78, 5) is 8.86. The lowest BCUT2D eigenvalue weighted by Crippen LogP contribution is -2.06. The molecule has 0 unspecified atom stereocenters. The van der Waals surface area contributed by atoms with Gasteiger partial charge in [0.15, 0.2) is 5.82 Å². The fraction of sp³-hybridized carbons (Fsp3) is 0.333. The molecule has 21 heavy (non-hydrogen) atoms. The molecule has 2 rings (SSSR count). The molecule has 5 nitrogen and oxygen atoms in total. The van der Waals surface area contributed by atoms with Gasteiger partial charge in [-0.05, 0) is 31.5 Å². The second kappa shape index (κ2) is 7.38. The van der Waals surface area contributed by atoms with Crippen molar-refractivity contribution < 1.29 is 4.74 Å². The summed E-state index contributed by atoms with van der Waals surface area (Å²) < 4.78 is 6.44. The van der Waals surface area contributed by atoms with Gasteiger partial charge in [0, 0.05) is 29.9 Å². The topological polar surface area (TPSA) is 59.1 Å². The Morgan fingerprint density at radius 1 is 1.24 bits per heavy atom. The zero-order valence-corrected chi connectivity index (χ0v) is 14.0. The van der Waals surface area contributed by atoms with Crippen LogP contribution in [0, 0.1) is 6.92 Å². The Bertz CT molecular complexity index is 619. The predicted octanol–water partition coefficient (Wildman–Crippen LogP) is 3.87. The Morgan fingerprint density at radius 3 is 2.71 bits per heavy atom. The number of aromatic nitrogens is 2. The van der Waals surface area contributed by atoms with Crippen LogP contribution in [0.4, 0.5) is 17.3 Å². The van der Waals surface area contributed by atoms with Crippen molar-refractivity contribution >= 4 is 33.3 Å². The van der Waals surface area contributed by atoms with Crippen LogP contribution in [0.15, 0.2) is 28.7 Å². The number of halogens is 1. The highest BCUT2D eigenvalue weighted by molar-refractivity contribution is 9.10. The number of ether oxygens (including phenoxy) is 1. The summed E-state index contributed by atoms with van der Waals surface area (Å²) in [5.74, 6) is 2.15. The van der Waals surface area contributed by atoms with Crippen molar-refractivity contribution in [3.63, 3.8) is 0 Å². The van der Waals surface area contributed by atoms with E-state index in [1.165, 1.54) is 0 Å². The molecule has 0 radical (unpaired) electrons. The summed E-state index contributed by atoms with van der Waals surface area (Å²) in [7, 11) is 1.83. The van der Waals surface area contributed by atoms with Gasteiger partial charge in [-0.25, -0.2) is 9.97 Å². The molecule has 2 aromatic rings. The molecule has 0 bridgehead atoms. The number of hydrogen-bond donors (Lipinski definition) is 2. The summed E-state index contributed by atoms with van der Waals surface area (Å²) in [5, 5.41) is 6.37. The Balaban J connectivity index is 2.28. The number of rotatable bonds is 6. The van der Waals surface area contributed by atoms with Gasteiger partial charge in [0.2, 0.25) is 0 Å². The van der Waals surface area contributed by atoms with E-state index in [1.54, 1.807) is 0 Å². The average molecular weight is 351 g/mol. The molecular weight excluding hydrogens is 332 g/mol. The van der Waals surface area contributed by atoms with Crippen LogP contribution in [0.1, 0.15) is 18.3 Å².